The van der Waals surface area contributed by atoms with Gasteiger partial charge in [-0.1, -0.05) is 24.1 Å². The number of hydrogen-bond acceptors (Lipinski definition) is 7. The smallest absolute Gasteiger partial charge is 0.378 e. The highest BCUT2D eigenvalue weighted by Crippen LogP contribution is 2.68. The second-order valence-corrected chi connectivity index (χ2v) is 17.9. The second-order valence-electron chi connectivity index (χ2n) is 16.1. The van der Waals surface area contributed by atoms with Gasteiger partial charge in [-0.2, -0.15) is 32.1 Å². The summed E-state index contributed by atoms with van der Waals surface area (Å²) in [7, 11) is -2.15. The van der Waals surface area contributed by atoms with Gasteiger partial charge in [0.15, 0.2) is 11.5 Å². The summed E-state index contributed by atoms with van der Waals surface area (Å²) in [5.74, 6) is -4.74. The number of carbonyl (C=O) groups excluding carboxylic acids is 1. The number of para-hydroxylation sites is 1. The molecule has 0 aliphatic heterocycles. The molecule has 3 atom stereocenters. The van der Waals surface area contributed by atoms with Crippen LogP contribution >= 0.6 is 0 Å². The van der Waals surface area contributed by atoms with E-state index in [0.29, 0.717) is 32.8 Å². The van der Waals surface area contributed by atoms with E-state index >= 15 is 8.78 Å². The van der Waals surface area contributed by atoms with Crippen LogP contribution in [0, 0.1) is 29.4 Å². The molecule has 0 spiro atoms. The largest absolute Gasteiger partial charge is 0.435 e. The van der Waals surface area contributed by atoms with E-state index in [1.54, 1.807) is 31.3 Å². The minimum absolute atomic E-state index is 0.0846. The summed E-state index contributed by atoms with van der Waals surface area (Å²) >= 11 is 0. The topological polar surface area (TPSA) is 132 Å². The maximum atomic E-state index is 15.4. The lowest BCUT2D eigenvalue weighted by atomic mass is 9.86. The zero-order chi connectivity index (χ0) is 42.4. The molecule has 0 radical (unpaired) electrons. The number of pyridine rings is 1. The number of nitrogens with one attached hydrogen (secondary N) is 1. The Bertz CT molecular complexity index is 2690. The lowest BCUT2D eigenvalue weighted by Gasteiger charge is -2.21. The summed E-state index contributed by atoms with van der Waals surface area (Å²) in [5, 5.41) is 18.9. The number of aromatic nitrogens is 5. The zero-order valence-corrected chi connectivity index (χ0v) is 32.7. The first-order chi connectivity index (χ1) is 27.6. The summed E-state index contributed by atoms with van der Waals surface area (Å²) in [6, 6.07) is 10.8. The Balaban J connectivity index is 1.25. The molecule has 0 unspecified atom stereocenters. The summed E-state index contributed by atoms with van der Waals surface area (Å²) in [6.07, 6.45) is -4.54. The molecule has 59 heavy (non-hydrogen) atoms. The number of Topliss-reactive ketones (excluding diaryl/α,β-unsaturated/α-hetero) is 1. The molecule has 3 heterocycles. The van der Waals surface area contributed by atoms with Gasteiger partial charge in [0.1, 0.15) is 40.9 Å². The van der Waals surface area contributed by atoms with Crippen molar-refractivity contribution in [2.75, 3.05) is 0 Å². The maximum absolute atomic E-state index is 15.4. The number of nitrogens with zero attached hydrogens (tertiary/aromatic N) is 5. The molecule has 0 bridgehead atoms. The molecule has 3 aromatic heterocycles. The molecule has 2 saturated carbocycles. The van der Waals surface area contributed by atoms with E-state index in [9.17, 15) is 40.3 Å². The number of carbonyl (C=O) groups is 1. The number of benzene rings is 2. The van der Waals surface area contributed by atoms with Crippen molar-refractivity contribution in [1.82, 2.24) is 29.3 Å². The molecule has 5 aromatic rings. The number of ketones is 1. The molecule has 8 rings (SSSR count). The summed E-state index contributed by atoms with van der Waals surface area (Å²) < 4.78 is 133. The standard InChI is InChI=1S/C41H37F7N6O4S/c1-39(2,56)12-11-25-9-10-28(29-5-4-6-30-33(50-53(3)36(29)30)20-59(57,58)52-26-7-8-26)35(49-25)22(13-21-14-23(42)17-24(43)15-21)16-27(55)19-54-38-34(37(51-54)41(46,47)48)31-18-32(31)40(38,44)45/h4-6,9-10,14-15,17,22,26,31-32,52,56H,7-8,13,16,18-20H2,1-3H3/t22-,31+,32-/m1/s1. The van der Waals surface area contributed by atoms with Crippen molar-refractivity contribution in [3.8, 4) is 23.0 Å². The third-order valence-electron chi connectivity index (χ3n) is 10.7. The maximum Gasteiger partial charge on any atom is 0.435 e. The highest BCUT2D eigenvalue weighted by Gasteiger charge is 2.68. The van der Waals surface area contributed by atoms with Crippen LogP contribution in [0.4, 0.5) is 30.7 Å². The van der Waals surface area contributed by atoms with Crippen molar-refractivity contribution < 1.29 is 49.1 Å². The van der Waals surface area contributed by atoms with Gasteiger partial charge in [-0.05, 0) is 81.2 Å². The monoisotopic (exact) mass is 842 g/mol. The quantitative estimate of drug-likeness (QED) is 0.102. The van der Waals surface area contributed by atoms with Crippen LogP contribution in [-0.2, 0) is 52.7 Å². The van der Waals surface area contributed by atoms with Crippen LogP contribution in [0.5, 0.6) is 0 Å². The minimum atomic E-state index is -5.05. The average Bonchev–Trinajstić information content (AvgIpc) is 4.03. The Kier molecular flexibility index (Phi) is 9.83. The van der Waals surface area contributed by atoms with Crippen LogP contribution in [0.2, 0.25) is 0 Å². The lowest BCUT2D eigenvalue weighted by Crippen LogP contribution is -2.27. The molecule has 3 aliphatic carbocycles. The van der Waals surface area contributed by atoms with E-state index < -0.39 is 98.6 Å². The average molecular weight is 843 g/mol. The van der Waals surface area contributed by atoms with Gasteiger partial charge in [-0.25, -0.2) is 26.9 Å². The van der Waals surface area contributed by atoms with Gasteiger partial charge in [-0.3, -0.25) is 14.2 Å². The van der Waals surface area contributed by atoms with E-state index in [-0.39, 0.29) is 41.5 Å². The van der Waals surface area contributed by atoms with E-state index in [2.05, 4.69) is 26.8 Å². The van der Waals surface area contributed by atoms with Crippen molar-refractivity contribution >= 4 is 26.7 Å². The number of halogens is 7. The van der Waals surface area contributed by atoms with Crippen LogP contribution in [-0.4, -0.2) is 55.5 Å². The molecular weight excluding hydrogens is 806 g/mol. The molecule has 2 N–H and O–H groups in total. The van der Waals surface area contributed by atoms with Gasteiger partial charge >= 0.3 is 6.18 Å². The summed E-state index contributed by atoms with van der Waals surface area (Å²) in [5.41, 5.74) is -2.59. The number of alkyl halides is 5. The van der Waals surface area contributed by atoms with Gasteiger partial charge < -0.3 is 5.11 Å². The number of fused-ring (bicyclic) bond motifs is 4. The molecule has 3 aliphatic rings. The second kappa shape index (κ2) is 14.3. The fourth-order valence-electron chi connectivity index (χ4n) is 8.09. The van der Waals surface area contributed by atoms with Crippen LogP contribution in [0.25, 0.3) is 22.0 Å². The third-order valence-corrected chi connectivity index (χ3v) is 12.0. The predicted molar refractivity (Wildman–Crippen MR) is 200 cm³/mol. The molecule has 2 aromatic carbocycles. The van der Waals surface area contributed by atoms with Crippen molar-refractivity contribution in [1.29, 1.82) is 0 Å². The van der Waals surface area contributed by atoms with E-state index in [1.807, 2.05) is 0 Å². The number of sulfonamides is 1. The van der Waals surface area contributed by atoms with Gasteiger partial charge in [0, 0.05) is 59.5 Å². The third kappa shape index (κ3) is 8.24. The first kappa shape index (κ1) is 40.7. The normalized spacial score (nSPS) is 19.0. The van der Waals surface area contributed by atoms with Gasteiger partial charge in [0.05, 0.1) is 16.9 Å². The van der Waals surface area contributed by atoms with Crippen LogP contribution in [0.1, 0.15) is 91.0 Å². The molecule has 18 heteroatoms. The Hall–Kier alpha value is -5.12. The Morgan fingerprint density at radius 3 is 2.42 bits per heavy atom. The molecule has 2 fully saturated rings. The van der Waals surface area contributed by atoms with Gasteiger partial charge in [0.2, 0.25) is 10.0 Å². The molecule has 10 nitrogen and oxygen atoms in total. The van der Waals surface area contributed by atoms with Gasteiger partial charge in [-0.15, -0.1) is 0 Å². The molecule has 0 saturated heterocycles. The summed E-state index contributed by atoms with van der Waals surface area (Å²) in [6.45, 7) is 1.93. The lowest BCUT2D eigenvalue weighted by molar-refractivity contribution is -0.142. The first-order valence-electron chi connectivity index (χ1n) is 18.8. The number of aryl methyl sites for hydroxylation is 1. The van der Waals surface area contributed by atoms with Crippen LogP contribution in [0.3, 0.4) is 0 Å². The van der Waals surface area contributed by atoms with Crippen molar-refractivity contribution in [3.05, 3.63) is 99.8 Å². The van der Waals surface area contributed by atoms with Crippen molar-refractivity contribution in [2.45, 2.75) is 93.8 Å². The minimum Gasteiger partial charge on any atom is -0.378 e. The first-order valence-corrected chi connectivity index (χ1v) is 20.5. The fraction of sp³-hybridized carbons (Fsp3) is 0.415. The zero-order valence-electron chi connectivity index (χ0n) is 31.8. The highest BCUT2D eigenvalue weighted by molar-refractivity contribution is 7.88. The SMILES string of the molecule is Cn1nc(CS(=O)(=O)NC2CC2)c2cccc(-c3ccc(C#CC(C)(C)O)nc3[C@@H](CC(=O)Cn3nc(C(F)(F)F)c4c3C(F)(F)[C@@H]3C[C@H]43)Cc3cc(F)cc(F)c3)c21. The van der Waals surface area contributed by atoms with Crippen LogP contribution in [0.15, 0.2) is 48.5 Å². The Morgan fingerprint density at radius 1 is 1.05 bits per heavy atom. The highest BCUT2D eigenvalue weighted by atomic mass is 32.2. The fourth-order valence-corrected chi connectivity index (χ4v) is 9.49. The van der Waals surface area contributed by atoms with E-state index in [4.69, 9.17) is 4.98 Å². The van der Waals surface area contributed by atoms with E-state index in [0.717, 1.165) is 25.0 Å². The molecular formula is C41H37F7N6O4S. The Morgan fingerprint density at radius 2 is 1.76 bits per heavy atom. The number of aliphatic hydroxyl groups is 1. The Labute approximate surface area is 333 Å². The van der Waals surface area contributed by atoms with Crippen LogP contribution < -0.4 is 4.72 Å². The van der Waals surface area contributed by atoms with Crippen molar-refractivity contribution in [3.63, 3.8) is 0 Å². The van der Waals surface area contributed by atoms with Gasteiger partial charge in [0.25, 0.3) is 5.92 Å². The predicted octanol–water partition coefficient (Wildman–Crippen LogP) is 7.03. The van der Waals surface area contributed by atoms with Crippen molar-refractivity contribution in [2.24, 2.45) is 13.0 Å². The summed E-state index contributed by atoms with van der Waals surface area (Å²) in [4.78, 5) is 18.8. The number of rotatable bonds is 12. The molecule has 310 valence electrons. The molecule has 0 amide bonds. The number of hydrogen-bond donors (Lipinski definition) is 2. The van der Waals surface area contributed by atoms with E-state index in [1.165, 1.54) is 24.6 Å².